The van der Waals surface area contributed by atoms with Gasteiger partial charge in [-0.25, -0.2) is 14.0 Å². The topological polar surface area (TPSA) is 79.7 Å². The number of rotatable bonds is 4. The van der Waals surface area contributed by atoms with Crippen molar-refractivity contribution < 1.29 is 23.8 Å². The first-order valence-corrected chi connectivity index (χ1v) is 7.27. The van der Waals surface area contributed by atoms with Gasteiger partial charge in [0, 0.05) is 6.04 Å². The van der Waals surface area contributed by atoms with Gasteiger partial charge in [-0.2, -0.15) is 0 Å². The predicted octanol–water partition coefficient (Wildman–Crippen LogP) is 3.17. The average molecular weight is 326 g/mol. The first kappa shape index (κ1) is 18.9. The number of amides is 1. The zero-order valence-electron chi connectivity index (χ0n) is 14.3. The fourth-order valence-electron chi connectivity index (χ4n) is 2.22. The Morgan fingerprint density at radius 1 is 1.26 bits per heavy atom. The number of aromatic nitrogens is 1. The molecule has 1 rings (SSSR count). The number of aliphatic carboxylic acids is 1. The van der Waals surface area contributed by atoms with Gasteiger partial charge >= 0.3 is 12.1 Å². The summed E-state index contributed by atoms with van der Waals surface area (Å²) in [5, 5.41) is 9.74. The highest BCUT2D eigenvalue weighted by Crippen LogP contribution is 2.31. The molecule has 1 amide bonds. The van der Waals surface area contributed by atoms with Crippen LogP contribution in [0.5, 0.6) is 0 Å². The van der Waals surface area contributed by atoms with E-state index >= 15 is 0 Å². The minimum absolute atomic E-state index is 0.0472. The minimum Gasteiger partial charge on any atom is -0.479 e. The largest absolute Gasteiger partial charge is 0.479 e. The summed E-state index contributed by atoms with van der Waals surface area (Å²) in [5.74, 6) is -1.87. The second-order valence-corrected chi connectivity index (χ2v) is 6.68. The highest BCUT2D eigenvalue weighted by atomic mass is 19.1. The smallest absolute Gasteiger partial charge is 0.411 e. The van der Waals surface area contributed by atoms with Crippen LogP contribution in [0, 0.1) is 5.82 Å². The molecular formula is C16H23FN2O4. The van der Waals surface area contributed by atoms with Crippen molar-refractivity contribution in [3.8, 4) is 0 Å². The van der Waals surface area contributed by atoms with E-state index in [-0.39, 0.29) is 5.69 Å². The van der Waals surface area contributed by atoms with E-state index in [0.29, 0.717) is 0 Å². The van der Waals surface area contributed by atoms with Crippen LogP contribution in [0.15, 0.2) is 18.3 Å². The molecular weight excluding hydrogens is 303 g/mol. The maximum absolute atomic E-state index is 13.1. The lowest BCUT2D eigenvalue weighted by atomic mass is 9.93. The van der Waals surface area contributed by atoms with Crippen LogP contribution in [-0.2, 0) is 15.1 Å². The standard InChI is InChI=1S/C16H23FN2O4/c1-10(2)19(14(22)23-15(3,4)5)16(6,13(20)21)12-8-7-11(17)9-18-12/h7-10H,1-6H3,(H,20,21). The third-order valence-electron chi connectivity index (χ3n) is 3.23. The molecule has 0 radical (unpaired) electrons. The lowest BCUT2D eigenvalue weighted by Gasteiger charge is -2.40. The molecule has 7 heteroatoms. The zero-order valence-corrected chi connectivity index (χ0v) is 14.3. The molecule has 0 aromatic carbocycles. The minimum atomic E-state index is -1.79. The maximum Gasteiger partial charge on any atom is 0.411 e. The Morgan fingerprint density at radius 3 is 2.17 bits per heavy atom. The van der Waals surface area contributed by atoms with E-state index < -0.39 is 35.1 Å². The summed E-state index contributed by atoms with van der Waals surface area (Å²) in [4.78, 5) is 29.4. The van der Waals surface area contributed by atoms with Crippen molar-refractivity contribution in [3.63, 3.8) is 0 Å². The fourth-order valence-corrected chi connectivity index (χ4v) is 2.22. The van der Waals surface area contributed by atoms with E-state index in [2.05, 4.69) is 4.98 Å². The lowest BCUT2D eigenvalue weighted by molar-refractivity contribution is -0.152. The van der Waals surface area contributed by atoms with Crippen LogP contribution in [0.2, 0.25) is 0 Å². The number of ether oxygens (including phenoxy) is 1. The summed E-state index contributed by atoms with van der Waals surface area (Å²) in [6.07, 6.45) is 0.146. The van der Waals surface area contributed by atoms with Crippen LogP contribution in [0.1, 0.15) is 47.2 Å². The molecule has 0 aliphatic rings. The number of carboxylic acid groups (broad SMARTS) is 1. The number of hydrogen-bond acceptors (Lipinski definition) is 4. The van der Waals surface area contributed by atoms with Crippen molar-refractivity contribution in [2.75, 3.05) is 0 Å². The van der Waals surface area contributed by atoms with Crippen molar-refractivity contribution >= 4 is 12.1 Å². The molecule has 1 unspecified atom stereocenters. The molecule has 1 N–H and O–H groups in total. The SMILES string of the molecule is CC(C)N(C(=O)OC(C)(C)C)C(C)(C(=O)O)c1ccc(F)cn1. The Bertz CT molecular complexity index is 581. The van der Waals surface area contributed by atoms with Gasteiger partial charge in [0.15, 0.2) is 5.54 Å². The van der Waals surface area contributed by atoms with E-state index in [0.717, 1.165) is 17.2 Å². The normalized spacial score (nSPS) is 14.3. The van der Waals surface area contributed by atoms with Gasteiger partial charge in [0.2, 0.25) is 0 Å². The molecule has 0 saturated carbocycles. The molecule has 0 spiro atoms. The molecule has 1 atom stereocenters. The van der Waals surface area contributed by atoms with Gasteiger partial charge in [0.05, 0.1) is 11.9 Å². The lowest BCUT2D eigenvalue weighted by Crippen LogP contribution is -2.57. The molecule has 0 saturated heterocycles. The fraction of sp³-hybridized carbons (Fsp3) is 0.562. The molecule has 23 heavy (non-hydrogen) atoms. The molecule has 128 valence electrons. The summed E-state index contributed by atoms with van der Waals surface area (Å²) < 4.78 is 18.4. The second kappa shape index (κ2) is 6.52. The quantitative estimate of drug-likeness (QED) is 0.919. The number of carbonyl (C=O) groups excluding carboxylic acids is 1. The van der Waals surface area contributed by atoms with E-state index in [4.69, 9.17) is 4.74 Å². The molecule has 0 aliphatic carbocycles. The third kappa shape index (κ3) is 4.18. The van der Waals surface area contributed by atoms with Gasteiger partial charge in [-0.05, 0) is 53.7 Å². The first-order valence-electron chi connectivity index (χ1n) is 7.27. The molecule has 0 bridgehead atoms. The summed E-state index contributed by atoms with van der Waals surface area (Å²) in [6.45, 7) is 9.77. The number of nitrogens with zero attached hydrogens (tertiary/aromatic N) is 2. The summed E-state index contributed by atoms with van der Waals surface area (Å²) in [6, 6.07) is 1.89. The Labute approximate surface area is 135 Å². The van der Waals surface area contributed by atoms with Crippen LogP contribution in [-0.4, -0.2) is 38.7 Å². The molecule has 0 aliphatic heterocycles. The summed E-state index contributed by atoms with van der Waals surface area (Å²) in [7, 11) is 0. The number of pyridine rings is 1. The number of carboxylic acids is 1. The number of hydrogen-bond donors (Lipinski definition) is 1. The van der Waals surface area contributed by atoms with E-state index in [1.54, 1.807) is 34.6 Å². The predicted molar refractivity (Wildman–Crippen MR) is 82.4 cm³/mol. The zero-order chi connectivity index (χ0) is 18.0. The van der Waals surface area contributed by atoms with Crippen LogP contribution < -0.4 is 0 Å². The third-order valence-corrected chi connectivity index (χ3v) is 3.23. The average Bonchev–Trinajstić information content (AvgIpc) is 2.36. The van der Waals surface area contributed by atoms with Crippen molar-refractivity contribution in [1.82, 2.24) is 9.88 Å². The van der Waals surface area contributed by atoms with Gasteiger partial charge < -0.3 is 9.84 Å². The monoisotopic (exact) mass is 326 g/mol. The number of halogens is 1. The molecule has 1 heterocycles. The van der Waals surface area contributed by atoms with Crippen LogP contribution >= 0.6 is 0 Å². The molecule has 1 aromatic heterocycles. The van der Waals surface area contributed by atoms with E-state index in [1.165, 1.54) is 13.0 Å². The Morgan fingerprint density at radius 2 is 1.83 bits per heavy atom. The molecule has 6 nitrogen and oxygen atoms in total. The summed E-state index contributed by atoms with van der Waals surface area (Å²) in [5.41, 5.74) is -2.52. The number of carbonyl (C=O) groups is 2. The van der Waals surface area contributed by atoms with Crippen molar-refractivity contribution in [2.45, 2.75) is 58.7 Å². The van der Waals surface area contributed by atoms with E-state index in [9.17, 15) is 19.1 Å². The van der Waals surface area contributed by atoms with E-state index in [1.807, 2.05) is 0 Å². The molecule has 1 aromatic rings. The van der Waals surface area contributed by atoms with Gasteiger partial charge in [0.1, 0.15) is 11.4 Å². The Kier molecular flexibility index (Phi) is 5.35. The van der Waals surface area contributed by atoms with Gasteiger partial charge in [0.25, 0.3) is 0 Å². The Hall–Kier alpha value is -2.18. The molecule has 0 fully saturated rings. The van der Waals surface area contributed by atoms with Crippen LogP contribution in [0.3, 0.4) is 0 Å². The van der Waals surface area contributed by atoms with Gasteiger partial charge in [-0.1, -0.05) is 0 Å². The van der Waals surface area contributed by atoms with Crippen molar-refractivity contribution in [2.24, 2.45) is 0 Å². The summed E-state index contributed by atoms with van der Waals surface area (Å²) >= 11 is 0. The van der Waals surface area contributed by atoms with Gasteiger partial charge in [-0.3, -0.25) is 9.88 Å². The first-order chi connectivity index (χ1) is 10.4. The second-order valence-electron chi connectivity index (χ2n) is 6.68. The highest BCUT2D eigenvalue weighted by Gasteiger charge is 2.48. The van der Waals surface area contributed by atoms with Gasteiger partial charge in [-0.15, -0.1) is 0 Å². The Balaban J connectivity index is 3.40. The van der Waals surface area contributed by atoms with Crippen molar-refractivity contribution in [1.29, 1.82) is 0 Å². The maximum atomic E-state index is 13.1. The van der Waals surface area contributed by atoms with Crippen LogP contribution in [0.4, 0.5) is 9.18 Å². The highest BCUT2D eigenvalue weighted by molar-refractivity contribution is 5.85. The van der Waals surface area contributed by atoms with Crippen LogP contribution in [0.25, 0.3) is 0 Å². The van der Waals surface area contributed by atoms with Crippen molar-refractivity contribution in [3.05, 3.63) is 29.8 Å².